The number of rotatable bonds is 2. The highest BCUT2D eigenvalue weighted by Gasteiger charge is 2.31. The molecule has 1 aliphatic heterocycles. The van der Waals surface area contributed by atoms with Crippen LogP contribution in [-0.4, -0.2) is 11.9 Å². The molecule has 1 unspecified atom stereocenters. The molecule has 0 aliphatic carbocycles. The quantitative estimate of drug-likeness (QED) is 0.755. The van der Waals surface area contributed by atoms with E-state index in [0.717, 1.165) is 23.2 Å². The van der Waals surface area contributed by atoms with Gasteiger partial charge in [-0.1, -0.05) is 48.0 Å². The zero-order valence-electron chi connectivity index (χ0n) is 12.4. The SMILES string of the molecule is C/C=C/C1Cc2ccccc2C(=O)N1c1ccc(C)cc1. The molecular weight excluding hydrogens is 258 g/mol. The van der Waals surface area contributed by atoms with Crippen LogP contribution in [-0.2, 0) is 6.42 Å². The first-order valence-electron chi connectivity index (χ1n) is 7.31. The summed E-state index contributed by atoms with van der Waals surface area (Å²) in [6, 6.07) is 16.1. The van der Waals surface area contributed by atoms with Crippen molar-refractivity contribution in [3.8, 4) is 0 Å². The van der Waals surface area contributed by atoms with E-state index in [9.17, 15) is 4.79 Å². The molecule has 2 aromatic carbocycles. The highest BCUT2D eigenvalue weighted by atomic mass is 16.2. The second kappa shape index (κ2) is 5.57. The van der Waals surface area contributed by atoms with Crippen molar-refractivity contribution in [3.63, 3.8) is 0 Å². The second-order valence-corrected chi connectivity index (χ2v) is 5.47. The van der Waals surface area contributed by atoms with Crippen LogP contribution in [0.2, 0.25) is 0 Å². The number of benzene rings is 2. The van der Waals surface area contributed by atoms with Gasteiger partial charge in [0.25, 0.3) is 5.91 Å². The Morgan fingerprint density at radius 2 is 1.81 bits per heavy atom. The van der Waals surface area contributed by atoms with Crippen molar-refractivity contribution >= 4 is 11.6 Å². The number of allylic oxidation sites excluding steroid dienone is 1. The van der Waals surface area contributed by atoms with Gasteiger partial charge in [-0.2, -0.15) is 0 Å². The summed E-state index contributed by atoms with van der Waals surface area (Å²) in [6.07, 6.45) is 4.99. The van der Waals surface area contributed by atoms with E-state index in [4.69, 9.17) is 0 Å². The van der Waals surface area contributed by atoms with Crippen molar-refractivity contribution in [2.24, 2.45) is 0 Å². The molecule has 21 heavy (non-hydrogen) atoms. The molecule has 1 amide bonds. The van der Waals surface area contributed by atoms with E-state index in [1.54, 1.807) is 0 Å². The summed E-state index contributed by atoms with van der Waals surface area (Å²) in [5.74, 6) is 0.0869. The molecule has 1 aliphatic rings. The van der Waals surface area contributed by atoms with Gasteiger partial charge < -0.3 is 4.90 Å². The maximum Gasteiger partial charge on any atom is 0.259 e. The van der Waals surface area contributed by atoms with Gasteiger partial charge in [-0.25, -0.2) is 0 Å². The molecule has 0 saturated carbocycles. The van der Waals surface area contributed by atoms with Gasteiger partial charge in [-0.15, -0.1) is 0 Å². The average molecular weight is 277 g/mol. The van der Waals surface area contributed by atoms with Gasteiger partial charge >= 0.3 is 0 Å². The summed E-state index contributed by atoms with van der Waals surface area (Å²) >= 11 is 0. The Morgan fingerprint density at radius 1 is 1.10 bits per heavy atom. The monoisotopic (exact) mass is 277 g/mol. The number of carbonyl (C=O) groups excluding carboxylic acids is 1. The second-order valence-electron chi connectivity index (χ2n) is 5.47. The molecule has 0 fully saturated rings. The molecule has 0 saturated heterocycles. The summed E-state index contributed by atoms with van der Waals surface area (Å²) in [5.41, 5.74) is 4.11. The minimum atomic E-state index is 0.0834. The van der Waals surface area contributed by atoms with Gasteiger partial charge in [0.1, 0.15) is 0 Å². The normalized spacial score (nSPS) is 18.1. The lowest BCUT2D eigenvalue weighted by atomic mass is 9.92. The fraction of sp³-hybridized carbons (Fsp3) is 0.211. The van der Waals surface area contributed by atoms with Gasteiger partial charge in [-0.3, -0.25) is 4.79 Å². The number of fused-ring (bicyclic) bond motifs is 1. The van der Waals surface area contributed by atoms with Gasteiger partial charge in [0.2, 0.25) is 0 Å². The zero-order valence-corrected chi connectivity index (χ0v) is 12.4. The summed E-state index contributed by atoms with van der Waals surface area (Å²) in [4.78, 5) is 14.8. The number of aryl methyl sites for hydroxylation is 1. The van der Waals surface area contributed by atoms with Crippen LogP contribution in [0.5, 0.6) is 0 Å². The van der Waals surface area contributed by atoms with Gasteiger partial charge in [0, 0.05) is 11.3 Å². The number of nitrogens with zero attached hydrogens (tertiary/aromatic N) is 1. The van der Waals surface area contributed by atoms with Gasteiger partial charge in [0.05, 0.1) is 6.04 Å². The molecule has 0 N–H and O–H groups in total. The van der Waals surface area contributed by atoms with Crippen LogP contribution in [0, 0.1) is 6.92 Å². The fourth-order valence-electron chi connectivity index (χ4n) is 2.89. The maximum absolute atomic E-state index is 12.9. The molecule has 0 radical (unpaired) electrons. The molecule has 0 bridgehead atoms. The van der Waals surface area contributed by atoms with E-state index in [1.807, 2.05) is 48.2 Å². The lowest BCUT2D eigenvalue weighted by Gasteiger charge is -2.35. The Morgan fingerprint density at radius 3 is 2.52 bits per heavy atom. The summed E-state index contributed by atoms with van der Waals surface area (Å²) in [6.45, 7) is 4.05. The molecule has 2 nitrogen and oxygen atoms in total. The van der Waals surface area contributed by atoms with Gasteiger partial charge in [0.15, 0.2) is 0 Å². The first-order valence-corrected chi connectivity index (χ1v) is 7.31. The number of anilines is 1. The first-order chi connectivity index (χ1) is 10.2. The van der Waals surface area contributed by atoms with Crippen molar-refractivity contribution < 1.29 is 4.79 Å². The summed E-state index contributed by atoms with van der Waals surface area (Å²) in [7, 11) is 0. The lowest BCUT2D eigenvalue weighted by molar-refractivity contribution is 0.0973. The van der Waals surface area contributed by atoms with Crippen LogP contribution in [0.15, 0.2) is 60.7 Å². The summed E-state index contributed by atoms with van der Waals surface area (Å²) in [5, 5.41) is 0. The molecule has 106 valence electrons. The Bertz CT molecular complexity index is 685. The van der Waals surface area contributed by atoms with Crippen LogP contribution in [0.3, 0.4) is 0 Å². The topological polar surface area (TPSA) is 20.3 Å². The van der Waals surface area contributed by atoms with Crippen molar-refractivity contribution in [3.05, 3.63) is 77.4 Å². The Hall–Kier alpha value is -2.35. The third-order valence-corrected chi connectivity index (χ3v) is 3.95. The molecule has 1 heterocycles. The van der Waals surface area contributed by atoms with Crippen LogP contribution in [0.4, 0.5) is 5.69 Å². The minimum absolute atomic E-state index is 0.0834. The minimum Gasteiger partial charge on any atom is -0.301 e. The molecular formula is C19H19NO. The average Bonchev–Trinajstić information content (AvgIpc) is 2.49. The number of carbonyl (C=O) groups is 1. The van der Waals surface area contributed by atoms with E-state index in [-0.39, 0.29) is 11.9 Å². The van der Waals surface area contributed by atoms with Crippen molar-refractivity contribution in [1.82, 2.24) is 0 Å². The van der Waals surface area contributed by atoms with E-state index >= 15 is 0 Å². The Kier molecular flexibility index (Phi) is 3.61. The predicted octanol–water partition coefficient (Wildman–Crippen LogP) is 4.14. The molecule has 2 heteroatoms. The third-order valence-electron chi connectivity index (χ3n) is 3.95. The van der Waals surface area contributed by atoms with Crippen molar-refractivity contribution in [1.29, 1.82) is 0 Å². The first kappa shape index (κ1) is 13.6. The smallest absolute Gasteiger partial charge is 0.259 e. The molecule has 2 aromatic rings. The molecule has 3 rings (SSSR count). The van der Waals surface area contributed by atoms with Crippen LogP contribution >= 0.6 is 0 Å². The van der Waals surface area contributed by atoms with E-state index in [2.05, 4.69) is 31.2 Å². The van der Waals surface area contributed by atoms with E-state index < -0.39 is 0 Å². The fourth-order valence-corrected chi connectivity index (χ4v) is 2.89. The molecule has 0 spiro atoms. The standard InChI is InChI=1S/C19H19NO/c1-3-6-17-13-15-7-4-5-8-18(15)19(21)20(17)16-11-9-14(2)10-12-16/h3-12,17H,13H2,1-2H3/b6-3+. The van der Waals surface area contributed by atoms with Gasteiger partial charge in [-0.05, 0) is 44.0 Å². The number of amides is 1. The van der Waals surface area contributed by atoms with E-state index in [1.165, 1.54) is 5.56 Å². The molecule has 0 aromatic heterocycles. The van der Waals surface area contributed by atoms with E-state index in [0.29, 0.717) is 0 Å². The van der Waals surface area contributed by atoms with Crippen LogP contribution in [0.25, 0.3) is 0 Å². The third kappa shape index (κ3) is 2.49. The zero-order chi connectivity index (χ0) is 14.8. The predicted molar refractivity (Wildman–Crippen MR) is 86.7 cm³/mol. The Labute approximate surface area is 125 Å². The maximum atomic E-state index is 12.9. The number of hydrogen-bond donors (Lipinski definition) is 0. The lowest BCUT2D eigenvalue weighted by Crippen LogP contribution is -2.45. The highest BCUT2D eigenvalue weighted by molar-refractivity contribution is 6.09. The number of hydrogen-bond acceptors (Lipinski definition) is 1. The van der Waals surface area contributed by atoms with Crippen molar-refractivity contribution in [2.45, 2.75) is 26.3 Å². The molecule has 1 atom stereocenters. The largest absolute Gasteiger partial charge is 0.301 e. The van der Waals surface area contributed by atoms with Crippen molar-refractivity contribution in [2.75, 3.05) is 4.90 Å². The van der Waals surface area contributed by atoms with Crippen LogP contribution in [0.1, 0.15) is 28.4 Å². The van der Waals surface area contributed by atoms with Crippen LogP contribution < -0.4 is 4.90 Å². The Balaban J connectivity index is 2.08. The summed E-state index contributed by atoms with van der Waals surface area (Å²) < 4.78 is 0. The highest BCUT2D eigenvalue weighted by Crippen LogP contribution is 2.29.